The molecule has 1 rings (SSSR count). The van der Waals surface area contributed by atoms with Crippen molar-refractivity contribution in [3.8, 4) is 11.5 Å². The van der Waals surface area contributed by atoms with E-state index >= 15 is 0 Å². The predicted octanol–water partition coefficient (Wildman–Crippen LogP) is 2.06. The van der Waals surface area contributed by atoms with Crippen LogP contribution in [0.15, 0.2) is 12.1 Å². The van der Waals surface area contributed by atoms with E-state index in [0.717, 1.165) is 0 Å². The molecule has 0 heterocycles. The summed E-state index contributed by atoms with van der Waals surface area (Å²) in [7, 11) is 1.48. The maximum absolute atomic E-state index is 11.2. The summed E-state index contributed by atoms with van der Waals surface area (Å²) in [5.41, 5.74) is 6.44. The number of nitrogens with two attached hydrogens (primary N) is 1. The molecule has 2 N–H and O–H groups in total. The molecule has 0 aliphatic rings. The van der Waals surface area contributed by atoms with Gasteiger partial charge in [0.15, 0.2) is 23.3 Å². The highest BCUT2D eigenvalue weighted by Crippen LogP contribution is 2.32. The Morgan fingerprint density at radius 2 is 2.13 bits per heavy atom. The molecular weight excluding hydrogens is 218 g/mol. The molecule has 0 aromatic heterocycles. The molecule has 0 fully saturated rings. The van der Waals surface area contributed by atoms with Crippen molar-refractivity contribution in [3.63, 3.8) is 0 Å². The second kappa shape index (κ2) is 4.89. The molecule has 0 radical (unpaired) electrons. The van der Waals surface area contributed by atoms with E-state index in [-0.39, 0.29) is 11.8 Å². The van der Waals surface area contributed by atoms with Crippen molar-refractivity contribution in [2.75, 3.05) is 18.9 Å². The first-order valence-corrected chi connectivity index (χ1v) is 4.80. The van der Waals surface area contributed by atoms with Crippen LogP contribution in [0.2, 0.25) is 0 Å². The molecule has 0 aliphatic heterocycles. The van der Waals surface area contributed by atoms with Crippen LogP contribution in [0.4, 0.5) is 5.69 Å². The van der Waals surface area contributed by atoms with Crippen molar-refractivity contribution >= 4 is 23.1 Å². The Morgan fingerprint density at radius 3 is 2.60 bits per heavy atom. The van der Waals surface area contributed by atoms with Gasteiger partial charge in [0.25, 0.3) is 0 Å². The Kier molecular flexibility index (Phi) is 3.80. The maximum Gasteiger partial charge on any atom is 0.165 e. The largest absolute Gasteiger partial charge is 0.493 e. The summed E-state index contributed by atoms with van der Waals surface area (Å²) < 4.78 is 10.1. The summed E-state index contributed by atoms with van der Waals surface area (Å²) in [5, 5.41) is 0. The smallest absolute Gasteiger partial charge is 0.165 e. The zero-order chi connectivity index (χ0) is 11.4. The Bertz CT molecular complexity index is 379. The van der Waals surface area contributed by atoms with Crippen molar-refractivity contribution in [1.82, 2.24) is 0 Å². The van der Waals surface area contributed by atoms with E-state index in [1.165, 1.54) is 20.1 Å². The van der Waals surface area contributed by atoms with Gasteiger partial charge in [0.05, 0.1) is 7.11 Å². The molecule has 0 unspecified atom stereocenters. The number of ether oxygens (including phenoxy) is 2. The first kappa shape index (κ1) is 11.7. The highest BCUT2D eigenvalue weighted by molar-refractivity contribution is 6.17. The highest BCUT2D eigenvalue weighted by Gasteiger charge is 2.12. The summed E-state index contributed by atoms with van der Waals surface area (Å²) in [5.74, 6) is 0.744. The second-order valence-electron chi connectivity index (χ2n) is 2.90. The van der Waals surface area contributed by atoms with Crippen LogP contribution in [0.3, 0.4) is 0 Å². The number of carbonyl (C=O) groups is 1. The Morgan fingerprint density at radius 1 is 1.47 bits per heavy atom. The van der Waals surface area contributed by atoms with Gasteiger partial charge in [-0.15, -0.1) is 0 Å². The van der Waals surface area contributed by atoms with Gasteiger partial charge in [-0.1, -0.05) is 11.6 Å². The molecule has 0 saturated carbocycles. The molecule has 82 valence electrons. The fraction of sp³-hybridized carbons (Fsp3) is 0.300. The molecule has 0 saturated heterocycles. The lowest BCUT2D eigenvalue weighted by Crippen LogP contribution is -2.02. The number of carbonyl (C=O) groups excluding carboxylic acids is 1. The molecule has 4 nitrogen and oxygen atoms in total. The van der Waals surface area contributed by atoms with Gasteiger partial charge in [-0.3, -0.25) is 4.79 Å². The molecule has 0 bridgehead atoms. The van der Waals surface area contributed by atoms with Gasteiger partial charge in [0.2, 0.25) is 0 Å². The van der Waals surface area contributed by atoms with Crippen molar-refractivity contribution in [2.24, 2.45) is 0 Å². The van der Waals surface area contributed by atoms with Crippen LogP contribution in [0.1, 0.15) is 17.3 Å². The van der Waals surface area contributed by atoms with Crippen LogP contribution in [-0.2, 0) is 0 Å². The van der Waals surface area contributed by atoms with Gasteiger partial charge in [-0.2, -0.15) is 0 Å². The van der Waals surface area contributed by atoms with E-state index in [9.17, 15) is 4.79 Å². The first-order valence-electron chi connectivity index (χ1n) is 4.27. The summed E-state index contributed by atoms with van der Waals surface area (Å²) in [6, 6.07) is 3.06. The SMILES string of the molecule is COc1cc(C(C)=O)c(N)cc1OCCl. The number of hydrogen-bond donors (Lipinski definition) is 1. The number of halogens is 1. The van der Waals surface area contributed by atoms with E-state index in [1.807, 2.05) is 0 Å². The van der Waals surface area contributed by atoms with Gasteiger partial charge in [0.1, 0.15) is 0 Å². The number of anilines is 1. The zero-order valence-electron chi connectivity index (χ0n) is 8.54. The Balaban J connectivity index is 3.22. The van der Waals surface area contributed by atoms with Crippen LogP contribution in [0, 0.1) is 0 Å². The van der Waals surface area contributed by atoms with E-state index in [0.29, 0.717) is 22.7 Å². The summed E-state index contributed by atoms with van der Waals surface area (Å²) in [6.07, 6.45) is 0. The first-order chi connectivity index (χ1) is 7.10. The van der Waals surface area contributed by atoms with Crippen LogP contribution in [-0.4, -0.2) is 19.0 Å². The Labute approximate surface area is 92.9 Å². The van der Waals surface area contributed by atoms with Gasteiger partial charge < -0.3 is 15.2 Å². The molecule has 0 aliphatic carbocycles. The minimum Gasteiger partial charge on any atom is -0.493 e. The van der Waals surface area contributed by atoms with E-state index in [1.54, 1.807) is 6.07 Å². The number of alkyl halides is 1. The normalized spacial score (nSPS) is 9.80. The fourth-order valence-corrected chi connectivity index (χ4v) is 1.33. The minimum atomic E-state index is -0.122. The van der Waals surface area contributed by atoms with Crippen LogP contribution < -0.4 is 15.2 Å². The number of benzene rings is 1. The summed E-state index contributed by atoms with van der Waals surface area (Å²) in [4.78, 5) is 11.2. The Hall–Kier alpha value is -1.42. The van der Waals surface area contributed by atoms with Gasteiger partial charge in [-0.05, 0) is 13.0 Å². The molecular formula is C10H12ClNO3. The van der Waals surface area contributed by atoms with Crippen LogP contribution in [0.25, 0.3) is 0 Å². The minimum absolute atomic E-state index is 0.00474. The monoisotopic (exact) mass is 229 g/mol. The fourth-order valence-electron chi connectivity index (χ4n) is 1.21. The molecule has 5 heteroatoms. The van der Waals surface area contributed by atoms with Crippen molar-refractivity contribution in [1.29, 1.82) is 0 Å². The number of methoxy groups -OCH3 is 1. The molecule has 1 aromatic carbocycles. The average molecular weight is 230 g/mol. The summed E-state index contributed by atoms with van der Waals surface area (Å²) >= 11 is 5.43. The number of Topliss-reactive ketones (excluding diaryl/α,β-unsaturated/α-hetero) is 1. The molecule has 0 amide bonds. The van der Waals surface area contributed by atoms with Gasteiger partial charge in [0, 0.05) is 17.3 Å². The van der Waals surface area contributed by atoms with E-state index in [4.69, 9.17) is 26.8 Å². The lowest BCUT2D eigenvalue weighted by Gasteiger charge is -2.11. The lowest BCUT2D eigenvalue weighted by molar-refractivity contribution is 0.101. The van der Waals surface area contributed by atoms with E-state index < -0.39 is 0 Å². The number of rotatable bonds is 4. The number of nitrogen functional groups attached to an aromatic ring is 1. The average Bonchev–Trinajstić information content (AvgIpc) is 2.18. The van der Waals surface area contributed by atoms with Crippen molar-refractivity contribution in [3.05, 3.63) is 17.7 Å². The zero-order valence-corrected chi connectivity index (χ0v) is 9.30. The molecule has 15 heavy (non-hydrogen) atoms. The number of ketones is 1. The maximum atomic E-state index is 11.2. The topological polar surface area (TPSA) is 61.5 Å². The highest BCUT2D eigenvalue weighted by atomic mass is 35.5. The lowest BCUT2D eigenvalue weighted by atomic mass is 10.1. The van der Waals surface area contributed by atoms with E-state index in [2.05, 4.69) is 0 Å². The van der Waals surface area contributed by atoms with Crippen LogP contribution in [0.5, 0.6) is 11.5 Å². The molecule has 0 spiro atoms. The molecule has 1 aromatic rings. The predicted molar refractivity (Wildman–Crippen MR) is 58.8 cm³/mol. The van der Waals surface area contributed by atoms with Crippen LogP contribution >= 0.6 is 11.6 Å². The van der Waals surface area contributed by atoms with Gasteiger partial charge in [-0.25, -0.2) is 0 Å². The quantitative estimate of drug-likeness (QED) is 0.488. The third-order valence-corrected chi connectivity index (χ3v) is 2.03. The third kappa shape index (κ3) is 2.53. The summed E-state index contributed by atoms with van der Waals surface area (Å²) in [6.45, 7) is 1.44. The number of hydrogen-bond acceptors (Lipinski definition) is 4. The van der Waals surface area contributed by atoms with Crippen molar-refractivity contribution in [2.45, 2.75) is 6.92 Å². The van der Waals surface area contributed by atoms with Gasteiger partial charge >= 0.3 is 0 Å². The third-order valence-electron chi connectivity index (χ3n) is 1.93. The second-order valence-corrected chi connectivity index (χ2v) is 3.12. The standard InChI is InChI=1S/C10H12ClNO3/c1-6(13)7-3-9(14-2)10(15-5-11)4-8(7)12/h3-4H,5,12H2,1-2H3. The van der Waals surface area contributed by atoms with Crippen molar-refractivity contribution < 1.29 is 14.3 Å². The molecule has 0 atom stereocenters.